The fraction of sp³-hybridized carbons (Fsp3) is 0.593. The molecule has 1 saturated carbocycles. The zero-order valence-corrected chi connectivity index (χ0v) is 21.4. The average Bonchev–Trinajstić information content (AvgIpc) is 3.25. The number of nitrogens with one attached hydrogen (secondary N) is 1. The van der Waals surface area contributed by atoms with Crippen LogP contribution < -0.4 is 14.8 Å². The van der Waals surface area contributed by atoms with Crippen LogP contribution in [-0.4, -0.2) is 47.0 Å². The first-order valence-electron chi connectivity index (χ1n) is 12.6. The van der Waals surface area contributed by atoms with Gasteiger partial charge in [-0.15, -0.1) is 0 Å². The van der Waals surface area contributed by atoms with Crippen molar-refractivity contribution in [1.29, 1.82) is 0 Å². The molecule has 1 aromatic heterocycles. The van der Waals surface area contributed by atoms with E-state index in [9.17, 15) is 14.7 Å². The summed E-state index contributed by atoms with van der Waals surface area (Å²) in [7, 11) is 3.19. The molecule has 0 aliphatic heterocycles. The lowest BCUT2D eigenvalue weighted by Gasteiger charge is -2.24. The molecule has 0 spiro atoms. The van der Waals surface area contributed by atoms with Crippen LogP contribution in [0.1, 0.15) is 75.7 Å². The standard InChI is InChI=1S/C27H39N3O5/c1-18(2)17-30-22(26-23(34-3)11-8-12-24(26)35-4)16-21(29-30)27(33)28-20(15-25(31)32)14-13-19-9-6-5-7-10-19/h8,11-12,16,18-20H,5-7,9-10,13-15,17H2,1-4H3,(H,28,33)(H,31,32)/t20-/m0/s1. The molecule has 0 bridgehead atoms. The molecule has 0 saturated heterocycles. The Kier molecular flexibility index (Phi) is 9.57. The highest BCUT2D eigenvalue weighted by Crippen LogP contribution is 2.39. The van der Waals surface area contributed by atoms with E-state index >= 15 is 0 Å². The largest absolute Gasteiger partial charge is 0.496 e. The van der Waals surface area contributed by atoms with Crippen LogP contribution in [0.2, 0.25) is 0 Å². The number of carbonyl (C=O) groups is 2. The van der Waals surface area contributed by atoms with Crippen molar-refractivity contribution in [2.75, 3.05) is 14.2 Å². The molecular weight excluding hydrogens is 446 g/mol. The van der Waals surface area contributed by atoms with E-state index < -0.39 is 12.0 Å². The number of amides is 1. The maximum Gasteiger partial charge on any atom is 0.305 e. The van der Waals surface area contributed by atoms with Gasteiger partial charge in [-0.1, -0.05) is 52.0 Å². The second kappa shape index (κ2) is 12.6. The summed E-state index contributed by atoms with van der Waals surface area (Å²) in [6.45, 7) is 4.77. The van der Waals surface area contributed by atoms with Crippen LogP contribution in [0.3, 0.4) is 0 Å². The van der Waals surface area contributed by atoms with Gasteiger partial charge in [0.15, 0.2) is 5.69 Å². The van der Waals surface area contributed by atoms with Gasteiger partial charge in [0.1, 0.15) is 11.5 Å². The minimum absolute atomic E-state index is 0.0989. The fourth-order valence-electron chi connectivity index (χ4n) is 4.93. The maximum atomic E-state index is 13.2. The Morgan fingerprint density at radius 2 is 1.80 bits per heavy atom. The number of ether oxygens (including phenoxy) is 2. The summed E-state index contributed by atoms with van der Waals surface area (Å²) in [5, 5.41) is 17.0. The molecule has 2 N–H and O–H groups in total. The highest BCUT2D eigenvalue weighted by molar-refractivity contribution is 5.94. The summed E-state index contributed by atoms with van der Waals surface area (Å²) in [6, 6.07) is 6.84. The third-order valence-electron chi connectivity index (χ3n) is 6.64. The molecule has 8 heteroatoms. The number of hydrogen-bond donors (Lipinski definition) is 2. The quantitative estimate of drug-likeness (QED) is 0.431. The summed E-state index contributed by atoms with van der Waals surface area (Å²) < 4.78 is 13.0. The first kappa shape index (κ1) is 26.6. The lowest BCUT2D eigenvalue weighted by Crippen LogP contribution is -2.37. The average molecular weight is 486 g/mol. The normalized spacial score (nSPS) is 15.1. The van der Waals surface area contributed by atoms with Crippen molar-refractivity contribution in [3.63, 3.8) is 0 Å². The predicted octanol–water partition coefficient (Wildman–Crippen LogP) is 5.16. The monoisotopic (exact) mass is 485 g/mol. The van der Waals surface area contributed by atoms with Crippen LogP contribution in [0.15, 0.2) is 24.3 Å². The SMILES string of the molecule is COc1cccc(OC)c1-c1cc(C(=O)N[C@@H](CCC2CCCCC2)CC(=O)O)nn1CC(C)C. The summed E-state index contributed by atoms with van der Waals surface area (Å²) in [4.78, 5) is 24.7. The van der Waals surface area contributed by atoms with E-state index in [1.165, 1.54) is 32.1 Å². The molecule has 35 heavy (non-hydrogen) atoms. The van der Waals surface area contributed by atoms with Crippen LogP contribution in [-0.2, 0) is 11.3 Å². The fourth-order valence-corrected chi connectivity index (χ4v) is 4.93. The number of rotatable bonds is 12. The molecule has 2 aromatic rings. The minimum atomic E-state index is -0.913. The molecular formula is C27H39N3O5. The van der Waals surface area contributed by atoms with E-state index in [1.54, 1.807) is 25.0 Å². The van der Waals surface area contributed by atoms with Gasteiger partial charge >= 0.3 is 5.97 Å². The maximum absolute atomic E-state index is 13.2. The Morgan fingerprint density at radius 3 is 2.37 bits per heavy atom. The number of hydrogen-bond acceptors (Lipinski definition) is 5. The zero-order valence-electron chi connectivity index (χ0n) is 21.4. The minimum Gasteiger partial charge on any atom is -0.496 e. The van der Waals surface area contributed by atoms with Crippen LogP contribution >= 0.6 is 0 Å². The van der Waals surface area contributed by atoms with Gasteiger partial charge in [0.25, 0.3) is 5.91 Å². The number of aliphatic carboxylic acids is 1. The molecule has 1 heterocycles. The Balaban J connectivity index is 1.85. The highest BCUT2D eigenvalue weighted by Gasteiger charge is 2.25. The molecule has 0 radical (unpaired) electrons. The summed E-state index contributed by atoms with van der Waals surface area (Å²) in [5.41, 5.74) is 1.70. The Hall–Kier alpha value is -3.03. The van der Waals surface area contributed by atoms with E-state index in [2.05, 4.69) is 24.3 Å². The molecule has 1 amide bonds. The van der Waals surface area contributed by atoms with Crippen molar-refractivity contribution < 1.29 is 24.2 Å². The summed E-state index contributed by atoms with van der Waals surface area (Å²) >= 11 is 0. The van der Waals surface area contributed by atoms with E-state index in [-0.39, 0.29) is 18.0 Å². The molecule has 1 aliphatic carbocycles. The predicted molar refractivity (Wildman–Crippen MR) is 135 cm³/mol. The van der Waals surface area contributed by atoms with Gasteiger partial charge in [-0.25, -0.2) is 0 Å². The molecule has 192 valence electrons. The van der Waals surface area contributed by atoms with Gasteiger partial charge in [0.2, 0.25) is 0 Å². The van der Waals surface area contributed by atoms with Crippen LogP contribution in [0.25, 0.3) is 11.3 Å². The Bertz CT molecular complexity index is 972. The molecule has 1 fully saturated rings. The third-order valence-corrected chi connectivity index (χ3v) is 6.64. The summed E-state index contributed by atoms with van der Waals surface area (Å²) in [6.07, 6.45) is 7.63. The van der Waals surface area contributed by atoms with Crippen LogP contribution in [0, 0.1) is 11.8 Å². The van der Waals surface area contributed by atoms with E-state index in [0.717, 1.165) is 17.7 Å². The van der Waals surface area contributed by atoms with Crippen molar-refractivity contribution in [3.05, 3.63) is 30.0 Å². The lowest BCUT2D eigenvalue weighted by molar-refractivity contribution is -0.137. The number of benzene rings is 1. The zero-order chi connectivity index (χ0) is 25.4. The van der Waals surface area contributed by atoms with Gasteiger partial charge in [0, 0.05) is 12.6 Å². The van der Waals surface area contributed by atoms with E-state index in [0.29, 0.717) is 36.3 Å². The van der Waals surface area contributed by atoms with Gasteiger partial charge in [-0.3, -0.25) is 14.3 Å². The summed E-state index contributed by atoms with van der Waals surface area (Å²) in [5.74, 6) is 0.878. The third kappa shape index (κ3) is 7.23. The number of nitrogens with zero attached hydrogens (tertiary/aromatic N) is 2. The van der Waals surface area contributed by atoms with Crippen LogP contribution in [0.4, 0.5) is 0 Å². The highest BCUT2D eigenvalue weighted by atomic mass is 16.5. The number of carboxylic acids is 1. The Morgan fingerprint density at radius 1 is 1.14 bits per heavy atom. The van der Waals surface area contributed by atoms with Crippen molar-refractivity contribution in [2.45, 2.75) is 77.8 Å². The second-order valence-electron chi connectivity index (χ2n) is 9.88. The van der Waals surface area contributed by atoms with Gasteiger partial charge < -0.3 is 19.9 Å². The second-order valence-corrected chi connectivity index (χ2v) is 9.88. The smallest absolute Gasteiger partial charge is 0.305 e. The first-order chi connectivity index (χ1) is 16.8. The van der Waals surface area contributed by atoms with E-state index in [1.807, 2.05) is 18.2 Å². The van der Waals surface area contributed by atoms with Crippen molar-refractivity contribution in [3.8, 4) is 22.8 Å². The van der Waals surface area contributed by atoms with Gasteiger partial charge in [-0.2, -0.15) is 5.10 Å². The first-order valence-corrected chi connectivity index (χ1v) is 12.6. The number of carboxylic acid groups (broad SMARTS) is 1. The lowest BCUT2D eigenvalue weighted by atomic mass is 9.85. The molecule has 8 nitrogen and oxygen atoms in total. The number of aromatic nitrogens is 2. The van der Waals surface area contributed by atoms with Crippen molar-refractivity contribution in [2.24, 2.45) is 11.8 Å². The van der Waals surface area contributed by atoms with E-state index in [4.69, 9.17) is 9.47 Å². The number of methoxy groups -OCH3 is 2. The molecule has 1 atom stereocenters. The Labute approximate surface area is 208 Å². The van der Waals surface area contributed by atoms with Crippen LogP contribution in [0.5, 0.6) is 11.5 Å². The van der Waals surface area contributed by atoms with Gasteiger partial charge in [-0.05, 0) is 42.9 Å². The molecule has 1 aromatic carbocycles. The topological polar surface area (TPSA) is 103 Å². The van der Waals surface area contributed by atoms with Crippen molar-refractivity contribution in [1.82, 2.24) is 15.1 Å². The molecule has 1 aliphatic rings. The number of carbonyl (C=O) groups excluding carboxylic acids is 1. The molecule has 0 unspecified atom stereocenters. The van der Waals surface area contributed by atoms with Crippen molar-refractivity contribution >= 4 is 11.9 Å². The molecule has 3 rings (SSSR count). The van der Waals surface area contributed by atoms with Gasteiger partial charge in [0.05, 0.1) is 31.9 Å².